The third-order valence-corrected chi connectivity index (χ3v) is 4.66. The van der Waals surface area contributed by atoms with Crippen LogP contribution < -0.4 is 11.3 Å². The Kier molecular flexibility index (Phi) is 3.17. The molecular formula is C17H12N4OS. The van der Waals surface area contributed by atoms with Gasteiger partial charge in [0.05, 0.1) is 21.8 Å². The number of fused-ring (bicyclic) bond motifs is 1. The van der Waals surface area contributed by atoms with Gasteiger partial charge < -0.3 is 5.73 Å². The number of thiophene rings is 1. The number of aromatic nitrogens is 3. The zero-order valence-corrected chi connectivity index (χ0v) is 12.8. The molecule has 2 N–H and O–H groups in total. The second-order valence-electron chi connectivity index (χ2n) is 5.05. The van der Waals surface area contributed by atoms with E-state index in [-0.39, 0.29) is 5.56 Å². The van der Waals surface area contributed by atoms with E-state index in [9.17, 15) is 4.79 Å². The molecule has 0 aliphatic rings. The molecule has 23 heavy (non-hydrogen) atoms. The quantitative estimate of drug-likeness (QED) is 0.576. The van der Waals surface area contributed by atoms with E-state index in [0.717, 1.165) is 16.3 Å². The van der Waals surface area contributed by atoms with Crippen molar-refractivity contribution in [3.05, 3.63) is 71.4 Å². The van der Waals surface area contributed by atoms with Gasteiger partial charge in [-0.3, -0.25) is 14.3 Å². The van der Waals surface area contributed by atoms with Crippen LogP contribution in [0, 0.1) is 0 Å². The van der Waals surface area contributed by atoms with Crippen molar-refractivity contribution in [2.45, 2.75) is 0 Å². The van der Waals surface area contributed by atoms with E-state index in [0.29, 0.717) is 15.9 Å². The smallest absolute Gasteiger partial charge is 0.275 e. The van der Waals surface area contributed by atoms with E-state index in [4.69, 9.17) is 5.73 Å². The fraction of sp³-hybridized carbons (Fsp3) is 0. The van der Waals surface area contributed by atoms with Gasteiger partial charge in [-0.25, -0.2) is 4.98 Å². The summed E-state index contributed by atoms with van der Waals surface area (Å²) in [5.74, 6) is 0. The van der Waals surface area contributed by atoms with Crippen LogP contribution in [0.25, 0.3) is 26.5 Å². The maximum atomic E-state index is 12.7. The second kappa shape index (κ2) is 5.33. The molecule has 5 nitrogen and oxygen atoms in total. The number of nitrogens with zero attached hydrogens (tertiary/aromatic N) is 3. The van der Waals surface area contributed by atoms with Gasteiger partial charge in [-0.05, 0) is 42.5 Å². The molecule has 112 valence electrons. The van der Waals surface area contributed by atoms with Crippen molar-refractivity contribution in [1.82, 2.24) is 14.5 Å². The van der Waals surface area contributed by atoms with Gasteiger partial charge >= 0.3 is 0 Å². The Hall–Kier alpha value is -2.99. The summed E-state index contributed by atoms with van der Waals surface area (Å²) >= 11 is 1.41. The van der Waals surface area contributed by atoms with Crippen LogP contribution in [0.4, 0.5) is 5.69 Å². The number of pyridine rings is 1. The fourth-order valence-electron chi connectivity index (χ4n) is 2.37. The molecule has 0 bridgehead atoms. The lowest BCUT2D eigenvalue weighted by Crippen LogP contribution is -2.17. The van der Waals surface area contributed by atoms with Gasteiger partial charge in [0.25, 0.3) is 5.56 Å². The van der Waals surface area contributed by atoms with Gasteiger partial charge in [0, 0.05) is 11.9 Å². The van der Waals surface area contributed by atoms with E-state index in [1.807, 2.05) is 24.3 Å². The zero-order valence-electron chi connectivity index (χ0n) is 12.0. The highest BCUT2D eigenvalue weighted by molar-refractivity contribution is 7.22. The number of nitrogen functional groups attached to an aromatic ring is 1. The molecule has 0 aliphatic heterocycles. The molecule has 0 unspecified atom stereocenters. The van der Waals surface area contributed by atoms with Crippen molar-refractivity contribution in [2.75, 3.05) is 5.73 Å². The van der Waals surface area contributed by atoms with Gasteiger partial charge in [0.2, 0.25) is 0 Å². The van der Waals surface area contributed by atoms with E-state index in [1.54, 1.807) is 36.8 Å². The van der Waals surface area contributed by atoms with Crippen LogP contribution >= 0.6 is 11.3 Å². The third-order valence-electron chi connectivity index (χ3n) is 3.53. The van der Waals surface area contributed by atoms with Crippen LogP contribution in [0.5, 0.6) is 0 Å². The van der Waals surface area contributed by atoms with Gasteiger partial charge in [0.1, 0.15) is 11.0 Å². The average molecular weight is 320 g/mol. The molecule has 4 aromatic rings. The Morgan fingerprint density at radius 2 is 1.87 bits per heavy atom. The molecule has 0 spiro atoms. The molecule has 1 aromatic carbocycles. The Labute approximate surface area is 135 Å². The molecule has 0 saturated heterocycles. The maximum absolute atomic E-state index is 12.7. The molecule has 6 heteroatoms. The summed E-state index contributed by atoms with van der Waals surface area (Å²) in [4.78, 5) is 22.4. The van der Waals surface area contributed by atoms with Crippen LogP contribution in [0.3, 0.4) is 0 Å². The topological polar surface area (TPSA) is 73.8 Å². The van der Waals surface area contributed by atoms with Crippen LogP contribution in [0.1, 0.15) is 0 Å². The summed E-state index contributed by atoms with van der Waals surface area (Å²) in [6.07, 6.45) is 3.28. The minimum atomic E-state index is -0.0908. The number of rotatable bonds is 2. The minimum Gasteiger partial charge on any atom is -0.399 e. The predicted octanol–water partition coefficient (Wildman–Crippen LogP) is 3.09. The fourth-order valence-corrected chi connectivity index (χ4v) is 3.38. The summed E-state index contributed by atoms with van der Waals surface area (Å²) in [7, 11) is 0. The maximum Gasteiger partial charge on any atom is 0.275 e. The molecule has 3 heterocycles. The highest BCUT2D eigenvalue weighted by Gasteiger charge is 2.11. The summed E-state index contributed by atoms with van der Waals surface area (Å²) in [5.41, 5.74) is 8.53. The van der Waals surface area contributed by atoms with Gasteiger partial charge in [-0.2, -0.15) is 0 Å². The van der Waals surface area contributed by atoms with Gasteiger partial charge in [0.15, 0.2) is 0 Å². The molecule has 4 rings (SSSR count). The monoisotopic (exact) mass is 320 g/mol. The first-order chi connectivity index (χ1) is 11.2. The van der Waals surface area contributed by atoms with Crippen molar-refractivity contribution >= 4 is 27.2 Å². The Morgan fingerprint density at radius 3 is 2.61 bits per heavy atom. The SMILES string of the molecule is Nc1ccc(-n2cnc3cc(-c4ccccn4)sc3c2=O)cc1. The number of anilines is 1. The molecule has 0 amide bonds. The predicted molar refractivity (Wildman–Crippen MR) is 92.9 cm³/mol. The number of hydrogen-bond donors (Lipinski definition) is 1. The molecule has 3 aromatic heterocycles. The summed E-state index contributed by atoms with van der Waals surface area (Å²) in [6, 6.07) is 14.7. The summed E-state index contributed by atoms with van der Waals surface area (Å²) in [6.45, 7) is 0. The summed E-state index contributed by atoms with van der Waals surface area (Å²) in [5, 5.41) is 0. The van der Waals surface area contributed by atoms with E-state index >= 15 is 0 Å². The lowest BCUT2D eigenvalue weighted by atomic mass is 10.3. The lowest BCUT2D eigenvalue weighted by molar-refractivity contribution is 0.967. The molecule has 0 atom stereocenters. The lowest BCUT2D eigenvalue weighted by Gasteiger charge is -2.04. The van der Waals surface area contributed by atoms with Crippen molar-refractivity contribution in [2.24, 2.45) is 0 Å². The van der Waals surface area contributed by atoms with E-state index in [2.05, 4.69) is 9.97 Å². The summed E-state index contributed by atoms with van der Waals surface area (Å²) < 4.78 is 2.14. The van der Waals surface area contributed by atoms with Crippen molar-refractivity contribution < 1.29 is 0 Å². The largest absolute Gasteiger partial charge is 0.399 e. The molecular weight excluding hydrogens is 308 g/mol. The van der Waals surface area contributed by atoms with Gasteiger partial charge in [-0.15, -0.1) is 11.3 Å². The first kappa shape index (κ1) is 13.7. The molecule has 0 radical (unpaired) electrons. The molecule has 0 saturated carbocycles. The minimum absolute atomic E-state index is 0.0908. The normalized spacial score (nSPS) is 11.0. The Bertz CT molecular complexity index is 1040. The first-order valence-corrected chi connectivity index (χ1v) is 7.82. The molecule has 0 fully saturated rings. The van der Waals surface area contributed by atoms with Crippen molar-refractivity contribution in [3.8, 4) is 16.3 Å². The zero-order chi connectivity index (χ0) is 15.8. The van der Waals surface area contributed by atoms with Gasteiger partial charge in [-0.1, -0.05) is 6.07 Å². The standard InChI is InChI=1S/C17H12N4OS/c18-11-4-6-12(7-5-11)21-10-20-14-9-15(23-16(14)17(21)22)13-3-1-2-8-19-13/h1-10H,18H2. The van der Waals surface area contributed by atoms with E-state index < -0.39 is 0 Å². The van der Waals surface area contributed by atoms with Crippen molar-refractivity contribution in [1.29, 1.82) is 0 Å². The van der Waals surface area contributed by atoms with Crippen LogP contribution in [-0.2, 0) is 0 Å². The Balaban J connectivity index is 1.89. The number of hydrogen-bond acceptors (Lipinski definition) is 5. The van der Waals surface area contributed by atoms with Crippen molar-refractivity contribution in [3.63, 3.8) is 0 Å². The Morgan fingerprint density at radius 1 is 1.04 bits per heavy atom. The number of nitrogens with two attached hydrogens (primary N) is 1. The van der Waals surface area contributed by atoms with Crippen LogP contribution in [0.2, 0.25) is 0 Å². The third kappa shape index (κ3) is 2.39. The van der Waals surface area contributed by atoms with Crippen LogP contribution in [-0.4, -0.2) is 14.5 Å². The first-order valence-electron chi connectivity index (χ1n) is 7.01. The second-order valence-corrected chi connectivity index (χ2v) is 6.10. The highest BCUT2D eigenvalue weighted by Crippen LogP contribution is 2.29. The number of benzene rings is 1. The average Bonchev–Trinajstić information content (AvgIpc) is 3.02. The highest BCUT2D eigenvalue weighted by atomic mass is 32.1. The van der Waals surface area contributed by atoms with Crippen LogP contribution in [0.15, 0.2) is 65.8 Å². The van der Waals surface area contributed by atoms with E-state index in [1.165, 1.54) is 15.9 Å². The molecule has 0 aliphatic carbocycles.